The average Bonchev–Trinajstić information content (AvgIpc) is 2.71. The second kappa shape index (κ2) is 9.89. The van der Waals surface area contributed by atoms with Gasteiger partial charge < -0.3 is 0 Å². The van der Waals surface area contributed by atoms with Crippen LogP contribution in [0.15, 0.2) is 65.5 Å². The number of aromatic nitrogens is 2. The van der Waals surface area contributed by atoms with Crippen molar-refractivity contribution in [2.75, 3.05) is 0 Å². The van der Waals surface area contributed by atoms with E-state index in [-0.39, 0.29) is 5.56 Å². The Morgan fingerprint density at radius 2 is 1.63 bits per heavy atom. The molecule has 0 amide bonds. The molecule has 0 saturated heterocycles. The van der Waals surface area contributed by atoms with Crippen LogP contribution in [0.2, 0.25) is 10.5 Å². The van der Waals surface area contributed by atoms with Gasteiger partial charge in [-0.15, -0.1) is 0 Å². The van der Waals surface area contributed by atoms with Gasteiger partial charge in [0.05, 0.1) is 0 Å². The summed E-state index contributed by atoms with van der Waals surface area (Å²) in [6, 6.07) is 20.2. The first-order chi connectivity index (χ1) is 13.2. The minimum absolute atomic E-state index is 0.0587. The van der Waals surface area contributed by atoms with Crippen molar-refractivity contribution < 1.29 is 0 Å². The molecule has 0 N–H and O–H groups in total. The normalized spacial score (nSPS) is 10.9. The number of hydrogen-bond donors (Lipinski definition) is 0. The molecule has 140 valence electrons. The number of hydrogen-bond acceptors (Lipinski definition) is 2. The van der Waals surface area contributed by atoms with E-state index in [0.717, 1.165) is 24.1 Å². The third-order valence-electron chi connectivity index (χ3n) is 4.45. The summed E-state index contributed by atoms with van der Waals surface area (Å²) < 4.78 is 3.23. The molecule has 0 unspecified atom stereocenters. The Hall–Kier alpha value is -1.87. The van der Waals surface area contributed by atoms with Gasteiger partial charge in [-0.25, -0.2) is 0 Å². The van der Waals surface area contributed by atoms with Gasteiger partial charge in [0, 0.05) is 0 Å². The van der Waals surface area contributed by atoms with Crippen LogP contribution in [-0.4, -0.2) is 24.5 Å². The zero-order chi connectivity index (χ0) is 19.1. The van der Waals surface area contributed by atoms with Crippen molar-refractivity contribution in [2.45, 2.75) is 38.1 Å². The topological polar surface area (TPSA) is 34.9 Å². The first kappa shape index (κ1) is 19.9. The first-order valence-electron chi connectivity index (χ1n) is 9.17. The summed E-state index contributed by atoms with van der Waals surface area (Å²) >= 11 is 6.84. The predicted molar refractivity (Wildman–Crippen MR) is 114 cm³/mol. The molecule has 0 fully saturated rings. The van der Waals surface area contributed by atoms with Crippen molar-refractivity contribution in [1.29, 1.82) is 0 Å². The molecule has 3 nitrogen and oxygen atoms in total. The van der Waals surface area contributed by atoms with Gasteiger partial charge in [-0.1, -0.05) is 0 Å². The summed E-state index contributed by atoms with van der Waals surface area (Å²) in [6.45, 7) is 2.55. The summed E-state index contributed by atoms with van der Waals surface area (Å²) in [6.07, 6.45) is 3.27. The standard InChI is InChI=1S/C22H23ClN2OSe/c1-17-21(23)24-20(18-11-5-2-6-12-18)22(26)25(17)15-9-4-10-16-27-19-13-7-3-8-14-19/h2-3,5-8,11-14H,4,9-10,15-16H2,1H3. The van der Waals surface area contributed by atoms with E-state index in [2.05, 4.69) is 35.3 Å². The maximum absolute atomic E-state index is 12.9. The van der Waals surface area contributed by atoms with E-state index in [9.17, 15) is 4.79 Å². The van der Waals surface area contributed by atoms with Crippen molar-refractivity contribution in [3.63, 3.8) is 0 Å². The Labute approximate surface area is 171 Å². The van der Waals surface area contributed by atoms with Gasteiger partial charge in [0.1, 0.15) is 0 Å². The molecule has 0 aliphatic carbocycles. The van der Waals surface area contributed by atoms with Crippen LogP contribution >= 0.6 is 11.6 Å². The Bertz CT molecular complexity index is 926. The van der Waals surface area contributed by atoms with E-state index in [4.69, 9.17) is 11.6 Å². The molecule has 0 radical (unpaired) electrons. The molecular weight excluding hydrogens is 423 g/mol. The Balaban J connectivity index is 1.60. The molecule has 0 spiro atoms. The molecule has 3 aromatic rings. The van der Waals surface area contributed by atoms with Gasteiger partial charge in [-0.3, -0.25) is 0 Å². The van der Waals surface area contributed by atoms with Gasteiger partial charge in [-0.2, -0.15) is 0 Å². The van der Waals surface area contributed by atoms with Crippen LogP contribution in [-0.2, 0) is 6.54 Å². The van der Waals surface area contributed by atoms with Crippen LogP contribution in [0.25, 0.3) is 11.3 Å². The fourth-order valence-corrected chi connectivity index (χ4v) is 5.07. The fourth-order valence-electron chi connectivity index (χ4n) is 2.93. The third kappa shape index (κ3) is 5.32. The number of benzene rings is 2. The summed E-state index contributed by atoms with van der Waals surface area (Å²) in [4.78, 5) is 17.2. The fraction of sp³-hybridized carbons (Fsp3) is 0.273. The first-order valence-corrected chi connectivity index (χ1v) is 11.6. The molecule has 3 rings (SSSR count). The summed E-state index contributed by atoms with van der Waals surface area (Å²) in [5, 5.41) is 1.64. The van der Waals surface area contributed by atoms with Crippen molar-refractivity contribution >= 4 is 31.0 Å². The molecule has 1 heterocycles. The SMILES string of the molecule is Cc1c(Cl)nc(-c2ccccc2)c(=O)n1CCCCC[Se]c1ccccc1. The maximum atomic E-state index is 12.9. The third-order valence-corrected chi connectivity index (χ3v) is 7.11. The van der Waals surface area contributed by atoms with Gasteiger partial charge in [0.25, 0.3) is 0 Å². The molecule has 1 aromatic heterocycles. The van der Waals surface area contributed by atoms with Crippen molar-refractivity contribution in [1.82, 2.24) is 9.55 Å². The molecule has 0 atom stereocenters. The van der Waals surface area contributed by atoms with E-state index < -0.39 is 0 Å². The number of rotatable bonds is 8. The summed E-state index contributed by atoms with van der Waals surface area (Å²) in [5.74, 6) is 0. The molecular formula is C22H23ClN2OSe. The van der Waals surface area contributed by atoms with Gasteiger partial charge >= 0.3 is 172 Å². The Kier molecular flexibility index (Phi) is 7.28. The number of halogens is 1. The van der Waals surface area contributed by atoms with Crippen LogP contribution in [0.4, 0.5) is 0 Å². The van der Waals surface area contributed by atoms with Gasteiger partial charge in [0.2, 0.25) is 0 Å². The summed E-state index contributed by atoms with van der Waals surface area (Å²) in [5.41, 5.74) is 1.92. The zero-order valence-electron chi connectivity index (χ0n) is 15.4. The molecule has 0 bridgehead atoms. The van der Waals surface area contributed by atoms with Crippen LogP contribution in [0, 0.1) is 6.92 Å². The molecule has 2 aromatic carbocycles. The van der Waals surface area contributed by atoms with E-state index >= 15 is 0 Å². The van der Waals surface area contributed by atoms with Crippen LogP contribution < -0.4 is 10.0 Å². The Morgan fingerprint density at radius 3 is 2.33 bits per heavy atom. The van der Waals surface area contributed by atoms with Crippen LogP contribution in [0.1, 0.15) is 25.0 Å². The second-order valence-corrected chi connectivity index (χ2v) is 9.19. The van der Waals surface area contributed by atoms with Crippen LogP contribution in [0.5, 0.6) is 0 Å². The zero-order valence-corrected chi connectivity index (χ0v) is 17.9. The van der Waals surface area contributed by atoms with Crippen LogP contribution in [0.3, 0.4) is 0 Å². The van der Waals surface area contributed by atoms with E-state index in [1.807, 2.05) is 37.3 Å². The van der Waals surface area contributed by atoms with E-state index in [1.165, 1.54) is 16.2 Å². The van der Waals surface area contributed by atoms with E-state index in [0.29, 0.717) is 32.3 Å². The van der Waals surface area contributed by atoms with Crippen molar-refractivity contribution in [3.05, 3.63) is 81.9 Å². The molecule has 27 heavy (non-hydrogen) atoms. The average molecular weight is 446 g/mol. The summed E-state index contributed by atoms with van der Waals surface area (Å²) in [7, 11) is 0. The molecule has 0 aliphatic heterocycles. The minimum atomic E-state index is -0.0587. The molecule has 0 aliphatic rings. The van der Waals surface area contributed by atoms with Gasteiger partial charge in [0.15, 0.2) is 0 Å². The second-order valence-electron chi connectivity index (χ2n) is 6.38. The molecule has 0 saturated carbocycles. The monoisotopic (exact) mass is 446 g/mol. The predicted octanol–water partition coefficient (Wildman–Crippen LogP) is 4.49. The Morgan fingerprint density at radius 1 is 0.963 bits per heavy atom. The quantitative estimate of drug-likeness (QED) is 0.378. The van der Waals surface area contributed by atoms with Crippen molar-refractivity contribution in [3.8, 4) is 11.3 Å². The molecule has 5 heteroatoms. The van der Waals surface area contributed by atoms with E-state index in [1.54, 1.807) is 4.57 Å². The number of nitrogens with zero attached hydrogens (tertiary/aromatic N) is 2. The number of unbranched alkanes of at least 4 members (excludes halogenated alkanes) is 2. The van der Waals surface area contributed by atoms with Crippen molar-refractivity contribution in [2.24, 2.45) is 0 Å². The van der Waals surface area contributed by atoms with Gasteiger partial charge in [-0.05, 0) is 0 Å².